The summed E-state index contributed by atoms with van der Waals surface area (Å²) in [6, 6.07) is 6.19. The molecular formula is C14H16FN3O2. The van der Waals surface area contributed by atoms with E-state index in [0.717, 1.165) is 4.57 Å². The van der Waals surface area contributed by atoms with Crippen LogP contribution in [0.15, 0.2) is 33.9 Å². The standard InChI is InChI=1S/C14H16FN3O2/c1-9-4-5-10(6-12(9)15)16-8-11-7-13(19)18(3)14(20)17(11)2/h4-7,16H,8H2,1-3H3. The van der Waals surface area contributed by atoms with Crippen LogP contribution in [0.4, 0.5) is 10.1 Å². The van der Waals surface area contributed by atoms with Gasteiger partial charge in [-0.25, -0.2) is 9.18 Å². The second kappa shape index (κ2) is 5.32. The molecule has 2 aromatic rings. The van der Waals surface area contributed by atoms with Crippen LogP contribution in [-0.2, 0) is 20.6 Å². The van der Waals surface area contributed by atoms with Crippen LogP contribution in [0, 0.1) is 12.7 Å². The Morgan fingerprint density at radius 2 is 1.85 bits per heavy atom. The Morgan fingerprint density at radius 3 is 2.50 bits per heavy atom. The predicted octanol–water partition coefficient (Wildman–Crippen LogP) is 1.14. The summed E-state index contributed by atoms with van der Waals surface area (Å²) >= 11 is 0. The number of benzene rings is 1. The van der Waals surface area contributed by atoms with Gasteiger partial charge >= 0.3 is 5.69 Å². The molecule has 0 aliphatic heterocycles. The number of hydrogen-bond acceptors (Lipinski definition) is 3. The van der Waals surface area contributed by atoms with Gasteiger partial charge in [-0.3, -0.25) is 13.9 Å². The summed E-state index contributed by atoms with van der Waals surface area (Å²) in [5.41, 5.74) is 0.959. The summed E-state index contributed by atoms with van der Waals surface area (Å²) in [4.78, 5) is 23.3. The zero-order chi connectivity index (χ0) is 14.9. The molecule has 1 aromatic heterocycles. The van der Waals surface area contributed by atoms with E-state index < -0.39 is 0 Å². The second-order valence-corrected chi connectivity index (χ2v) is 4.69. The first kappa shape index (κ1) is 14.0. The van der Waals surface area contributed by atoms with E-state index in [1.54, 1.807) is 26.1 Å². The molecule has 0 bridgehead atoms. The number of hydrogen-bond donors (Lipinski definition) is 1. The molecule has 0 radical (unpaired) electrons. The van der Waals surface area contributed by atoms with E-state index in [-0.39, 0.29) is 23.6 Å². The number of rotatable bonds is 3. The van der Waals surface area contributed by atoms with Crippen molar-refractivity contribution in [2.24, 2.45) is 14.1 Å². The van der Waals surface area contributed by atoms with Crippen molar-refractivity contribution in [2.75, 3.05) is 5.32 Å². The SMILES string of the molecule is Cc1ccc(NCc2cc(=O)n(C)c(=O)n2C)cc1F. The van der Waals surface area contributed by atoms with Crippen molar-refractivity contribution in [3.63, 3.8) is 0 Å². The lowest BCUT2D eigenvalue weighted by atomic mass is 10.2. The summed E-state index contributed by atoms with van der Waals surface area (Å²) in [6.45, 7) is 1.95. The maximum Gasteiger partial charge on any atom is 0.330 e. The molecule has 106 valence electrons. The van der Waals surface area contributed by atoms with Crippen LogP contribution in [0.2, 0.25) is 0 Å². The van der Waals surface area contributed by atoms with Crippen LogP contribution in [0.1, 0.15) is 11.3 Å². The molecule has 0 aliphatic rings. The quantitative estimate of drug-likeness (QED) is 0.915. The monoisotopic (exact) mass is 277 g/mol. The lowest BCUT2D eigenvalue weighted by Gasteiger charge is -2.11. The Kier molecular flexibility index (Phi) is 3.74. The van der Waals surface area contributed by atoms with Crippen molar-refractivity contribution in [1.29, 1.82) is 0 Å². The molecule has 0 amide bonds. The van der Waals surface area contributed by atoms with Gasteiger partial charge in [0.2, 0.25) is 0 Å². The molecule has 0 saturated heterocycles. The summed E-state index contributed by atoms with van der Waals surface area (Å²) in [6.07, 6.45) is 0. The average molecular weight is 277 g/mol. The highest BCUT2D eigenvalue weighted by atomic mass is 19.1. The van der Waals surface area contributed by atoms with Crippen molar-refractivity contribution < 1.29 is 4.39 Å². The zero-order valence-corrected chi connectivity index (χ0v) is 11.6. The molecule has 0 spiro atoms. The summed E-state index contributed by atoms with van der Waals surface area (Å²) in [7, 11) is 3.02. The molecule has 0 saturated carbocycles. The maximum atomic E-state index is 13.4. The Hall–Kier alpha value is -2.37. The smallest absolute Gasteiger partial charge is 0.330 e. The fraction of sp³-hybridized carbons (Fsp3) is 0.286. The summed E-state index contributed by atoms with van der Waals surface area (Å²) in [5, 5.41) is 3.00. The molecule has 2 rings (SSSR count). The molecule has 1 heterocycles. The molecule has 0 unspecified atom stereocenters. The molecule has 1 N–H and O–H groups in total. The van der Waals surface area contributed by atoms with E-state index >= 15 is 0 Å². The van der Waals surface area contributed by atoms with Gasteiger partial charge in [0, 0.05) is 31.5 Å². The molecule has 0 atom stereocenters. The van der Waals surface area contributed by atoms with Gasteiger partial charge in [0.25, 0.3) is 5.56 Å². The minimum Gasteiger partial charge on any atom is -0.379 e. The van der Waals surface area contributed by atoms with E-state index in [2.05, 4.69) is 5.32 Å². The number of nitrogens with zero attached hydrogens (tertiary/aromatic N) is 2. The third-order valence-corrected chi connectivity index (χ3v) is 3.27. The Balaban J connectivity index is 2.25. The van der Waals surface area contributed by atoms with Gasteiger partial charge in [0.1, 0.15) is 5.82 Å². The molecule has 5 nitrogen and oxygen atoms in total. The van der Waals surface area contributed by atoms with Gasteiger partial charge in [-0.2, -0.15) is 0 Å². The Labute approximate surface area is 115 Å². The molecule has 0 fully saturated rings. The van der Waals surface area contributed by atoms with Crippen LogP contribution in [0.3, 0.4) is 0 Å². The normalized spacial score (nSPS) is 10.6. The average Bonchev–Trinajstić information content (AvgIpc) is 2.42. The van der Waals surface area contributed by atoms with Gasteiger partial charge in [-0.05, 0) is 24.6 Å². The first-order chi connectivity index (χ1) is 9.40. The highest BCUT2D eigenvalue weighted by Crippen LogP contribution is 2.14. The highest BCUT2D eigenvalue weighted by Gasteiger charge is 2.06. The summed E-state index contributed by atoms with van der Waals surface area (Å²) in [5.74, 6) is -0.298. The van der Waals surface area contributed by atoms with Crippen molar-refractivity contribution in [3.05, 3.63) is 62.2 Å². The first-order valence-corrected chi connectivity index (χ1v) is 6.16. The molecule has 6 heteroatoms. The van der Waals surface area contributed by atoms with E-state index in [1.165, 1.54) is 23.7 Å². The van der Waals surface area contributed by atoms with E-state index in [0.29, 0.717) is 16.9 Å². The molecule has 20 heavy (non-hydrogen) atoms. The predicted molar refractivity (Wildman–Crippen MR) is 75.4 cm³/mol. The van der Waals surface area contributed by atoms with Crippen LogP contribution < -0.4 is 16.6 Å². The third-order valence-electron chi connectivity index (χ3n) is 3.27. The van der Waals surface area contributed by atoms with Gasteiger partial charge < -0.3 is 5.32 Å². The lowest BCUT2D eigenvalue weighted by Crippen LogP contribution is -2.38. The number of nitrogens with one attached hydrogen (secondary N) is 1. The van der Waals surface area contributed by atoms with Crippen LogP contribution in [0.5, 0.6) is 0 Å². The zero-order valence-electron chi connectivity index (χ0n) is 11.6. The van der Waals surface area contributed by atoms with Crippen LogP contribution >= 0.6 is 0 Å². The van der Waals surface area contributed by atoms with Crippen LogP contribution in [-0.4, -0.2) is 9.13 Å². The van der Waals surface area contributed by atoms with Gasteiger partial charge in [-0.1, -0.05) is 6.07 Å². The highest BCUT2D eigenvalue weighted by molar-refractivity contribution is 5.45. The number of halogens is 1. The largest absolute Gasteiger partial charge is 0.379 e. The topological polar surface area (TPSA) is 56.0 Å². The van der Waals surface area contributed by atoms with Crippen molar-refractivity contribution in [2.45, 2.75) is 13.5 Å². The third kappa shape index (κ3) is 2.64. The van der Waals surface area contributed by atoms with E-state index in [1.807, 2.05) is 0 Å². The second-order valence-electron chi connectivity index (χ2n) is 4.69. The number of anilines is 1. The van der Waals surface area contributed by atoms with Crippen molar-refractivity contribution in [3.8, 4) is 0 Å². The van der Waals surface area contributed by atoms with E-state index in [4.69, 9.17) is 0 Å². The fourth-order valence-corrected chi connectivity index (χ4v) is 1.84. The lowest BCUT2D eigenvalue weighted by molar-refractivity contribution is 0.618. The van der Waals surface area contributed by atoms with Gasteiger partial charge in [0.15, 0.2) is 0 Å². The Bertz CT molecular complexity index is 762. The van der Waals surface area contributed by atoms with Gasteiger partial charge in [0.05, 0.1) is 6.54 Å². The minimum atomic E-state index is -0.385. The first-order valence-electron chi connectivity index (χ1n) is 6.16. The minimum absolute atomic E-state index is 0.268. The molecule has 1 aromatic carbocycles. The molecule has 0 aliphatic carbocycles. The van der Waals surface area contributed by atoms with Gasteiger partial charge in [-0.15, -0.1) is 0 Å². The summed E-state index contributed by atoms with van der Waals surface area (Å²) < 4.78 is 15.8. The molecular weight excluding hydrogens is 261 g/mol. The van der Waals surface area contributed by atoms with E-state index in [9.17, 15) is 14.0 Å². The van der Waals surface area contributed by atoms with Crippen LogP contribution in [0.25, 0.3) is 0 Å². The number of aryl methyl sites for hydroxylation is 1. The number of aromatic nitrogens is 2. The Morgan fingerprint density at radius 1 is 1.15 bits per heavy atom. The maximum absolute atomic E-state index is 13.4. The fourth-order valence-electron chi connectivity index (χ4n) is 1.84. The van der Waals surface area contributed by atoms with Crippen molar-refractivity contribution in [1.82, 2.24) is 9.13 Å². The van der Waals surface area contributed by atoms with Crippen molar-refractivity contribution >= 4 is 5.69 Å².